The summed E-state index contributed by atoms with van der Waals surface area (Å²) in [4.78, 5) is 2.21. The van der Waals surface area contributed by atoms with Crippen molar-refractivity contribution in [3.8, 4) is 0 Å². The number of nitrogens with zero attached hydrogens (tertiary/aromatic N) is 2. The molecule has 6 heteroatoms. The molecule has 1 fully saturated rings. The van der Waals surface area contributed by atoms with Crippen molar-refractivity contribution in [2.75, 3.05) is 26.2 Å². The first-order valence-electron chi connectivity index (χ1n) is 4.47. The van der Waals surface area contributed by atoms with E-state index in [-0.39, 0.29) is 6.04 Å². The standard InChI is InChI=1S/C7H17N3O2S/c1-3-9-4-5-10(7(2)6-9)13(8,11)12/h7H,3-6H2,1-2H3,(H2,8,11,12). The Morgan fingerprint density at radius 1 is 1.46 bits per heavy atom. The van der Waals surface area contributed by atoms with Crippen LogP contribution in [0.2, 0.25) is 0 Å². The highest BCUT2D eigenvalue weighted by atomic mass is 32.2. The Kier molecular flexibility index (Phi) is 3.28. The summed E-state index contributed by atoms with van der Waals surface area (Å²) in [5.41, 5.74) is 0. The highest BCUT2D eigenvalue weighted by Gasteiger charge is 2.29. The van der Waals surface area contributed by atoms with Gasteiger partial charge in [0, 0.05) is 25.7 Å². The van der Waals surface area contributed by atoms with Crippen molar-refractivity contribution in [2.24, 2.45) is 5.14 Å². The normalized spacial score (nSPS) is 27.8. The molecule has 1 rings (SSSR count). The molecule has 0 aromatic carbocycles. The third-order valence-corrected chi connectivity index (χ3v) is 3.62. The molecule has 0 saturated carbocycles. The Morgan fingerprint density at radius 3 is 2.46 bits per heavy atom. The van der Waals surface area contributed by atoms with E-state index in [1.54, 1.807) is 0 Å². The molecule has 1 heterocycles. The van der Waals surface area contributed by atoms with E-state index < -0.39 is 10.2 Å². The lowest BCUT2D eigenvalue weighted by Gasteiger charge is -2.37. The summed E-state index contributed by atoms with van der Waals surface area (Å²) < 4.78 is 23.5. The van der Waals surface area contributed by atoms with Crippen LogP contribution in [0.4, 0.5) is 0 Å². The van der Waals surface area contributed by atoms with Crippen LogP contribution in [0.3, 0.4) is 0 Å². The minimum absolute atomic E-state index is 0.0105. The first-order valence-corrected chi connectivity index (χ1v) is 5.97. The van der Waals surface area contributed by atoms with Gasteiger partial charge in [0.25, 0.3) is 10.2 Å². The van der Waals surface area contributed by atoms with Gasteiger partial charge >= 0.3 is 0 Å². The highest BCUT2D eigenvalue weighted by Crippen LogP contribution is 2.10. The highest BCUT2D eigenvalue weighted by molar-refractivity contribution is 7.86. The van der Waals surface area contributed by atoms with Crippen molar-refractivity contribution in [1.29, 1.82) is 0 Å². The third kappa shape index (κ3) is 2.63. The summed E-state index contributed by atoms with van der Waals surface area (Å²) in [6.07, 6.45) is 0. The minimum atomic E-state index is -3.50. The molecule has 13 heavy (non-hydrogen) atoms. The Hall–Kier alpha value is -0.170. The molecule has 0 aromatic rings. The molecule has 1 atom stereocenters. The van der Waals surface area contributed by atoms with Crippen molar-refractivity contribution in [3.63, 3.8) is 0 Å². The van der Waals surface area contributed by atoms with Gasteiger partial charge in [0.1, 0.15) is 0 Å². The van der Waals surface area contributed by atoms with Gasteiger partial charge in [-0.1, -0.05) is 6.92 Å². The van der Waals surface area contributed by atoms with Crippen LogP contribution in [-0.2, 0) is 10.2 Å². The predicted molar refractivity (Wildman–Crippen MR) is 51.4 cm³/mol. The average molecular weight is 207 g/mol. The molecule has 1 saturated heterocycles. The van der Waals surface area contributed by atoms with Gasteiger partial charge in [0.15, 0.2) is 0 Å². The lowest BCUT2D eigenvalue weighted by Crippen LogP contribution is -2.55. The largest absolute Gasteiger partial charge is 0.301 e. The molecule has 1 aliphatic rings. The molecular weight excluding hydrogens is 190 g/mol. The molecule has 1 unspecified atom stereocenters. The van der Waals surface area contributed by atoms with Gasteiger partial charge in [-0.15, -0.1) is 0 Å². The quantitative estimate of drug-likeness (QED) is 0.645. The van der Waals surface area contributed by atoms with E-state index in [1.807, 2.05) is 6.92 Å². The Labute approximate surface area is 79.7 Å². The number of rotatable bonds is 2. The summed E-state index contributed by atoms with van der Waals surface area (Å²) in [5.74, 6) is 0. The van der Waals surface area contributed by atoms with E-state index in [2.05, 4.69) is 11.8 Å². The van der Waals surface area contributed by atoms with Crippen LogP contribution in [0.25, 0.3) is 0 Å². The molecule has 1 aliphatic heterocycles. The zero-order chi connectivity index (χ0) is 10.1. The maximum atomic E-state index is 11.1. The van der Waals surface area contributed by atoms with Crippen molar-refractivity contribution in [1.82, 2.24) is 9.21 Å². The number of hydrogen-bond acceptors (Lipinski definition) is 3. The topological polar surface area (TPSA) is 66.6 Å². The fourth-order valence-corrected chi connectivity index (χ4v) is 2.59. The zero-order valence-corrected chi connectivity index (χ0v) is 8.92. The predicted octanol–water partition coefficient (Wildman–Crippen LogP) is -0.784. The second kappa shape index (κ2) is 3.91. The van der Waals surface area contributed by atoms with Crippen LogP contribution in [0, 0.1) is 0 Å². The van der Waals surface area contributed by atoms with E-state index >= 15 is 0 Å². The molecule has 0 aliphatic carbocycles. The molecule has 0 amide bonds. The second-order valence-corrected chi connectivity index (χ2v) is 4.90. The maximum absolute atomic E-state index is 11.1. The first-order chi connectivity index (χ1) is 5.95. The first kappa shape index (κ1) is 10.9. The van der Waals surface area contributed by atoms with Gasteiger partial charge in [-0.2, -0.15) is 12.7 Å². The van der Waals surface area contributed by atoms with Crippen LogP contribution < -0.4 is 5.14 Å². The summed E-state index contributed by atoms with van der Waals surface area (Å²) in [6.45, 7) is 6.96. The van der Waals surface area contributed by atoms with E-state index in [9.17, 15) is 8.42 Å². The lowest BCUT2D eigenvalue weighted by molar-refractivity contribution is 0.150. The molecule has 0 aromatic heterocycles. The van der Waals surface area contributed by atoms with Crippen molar-refractivity contribution < 1.29 is 8.42 Å². The lowest BCUT2D eigenvalue weighted by atomic mass is 10.2. The number of nitrogens with two attached hydrogens (primary N) is 1. The van der Waals surface area contributed by atoms with E-state index in [4.69, 9.17) is 5.14 Å². The molecule has 0 radical (unpaired) electrons. The molecule has 2 N–H and O–H groups in total. The third-order valence-electron chi connectivity index (χ3n) is 2.42. The smallest absolute Gasteiger partial charge is 0.277 e. The van der Waals surface area contributed by atoms with Gasteiger partial charge in [-0.3, -0.25) is 0 Å². The average Bonchev–Trinajstić information content (AvgIpc) is 2.01. The Morgan fingerprint density at radius 2 is 2.08 bits per heavy atom. The molecule has 0 bridgehead atoms. The van der Waals surface area contributed by atoms with E-state index in [1.165, 1.54) is 4.31 Å². The monoisotopic (exact) mass is 207 g/mol. The van der Waals surface area contributed by atoms with Gasteiger partial charge in [-0.25, -0.2) is 5.14 Å². The van der Waals surface area contributed by atoms with Crippen molar-refractivity contribution in [3.05, 3.63) is 0 Å². The minimum Gasteiger partial charge on any atom is -0.301 e. The fraction of sp³-hybridized carbons (Fsp3) is 1.00. The van der Waals surface area contributed by atoms with Crippen LogP contribution in [0.15, 0.2) is 0 Å². The molecule has 0 spiro atoms. The summed E-state index contributed by atoms with van der Waals surface area (Å²) in [5, 5.41) is 5.07. The van der Waals surface area contributed by atoms with Crippen LogP contribution >= 0.6 is 0 Å². The molecule has 5 nitrogen and oxygen atoms in total. The van der Waals surface area contributed by atoms with Crippen LogP contribution in [0.5, 0.6) is 0 Å². The summed E-state index contributed by atoms with van der Waals surface area (Å²) in [7, 11) is -3.50. The van der Waals surface area contributed by atoms with E-state index in [0.717, 1.165) is 19.6 Å². The summed E-state index contributed by atoms with van der Waals surface area (Å²) >= 11 is 0. The fourth-order valence-electron chi connectivity index (χ4n) is 1.68. The summed E-state index contributed by atoms with van der Waals surface area (Å²) in [6, 6.07) is -0.0105. The Balaban J connectivity index is 2.64. The zero-order valence-electron chi connectivity index (χ0n) is 8.10. The maximum Gasteiger partial charge on any atom is 0.277 e. The van der Waals surface area contributed by atoms with Crippen molar-refractivity contribution >= 4 is 10.2 Å². The second-order valence-electron chi connectivity index (χ2n) is 3.40. The van der Waals surface area contributed by atoms with Crippen molar-refractivity contribution in [2.45, 2.75) is 19.9 Å². The van der Waals surface area contributed by atoms with Gasteiger partial charge < -0.3 is 4.90 Å². The SMILES string of the molecule is CCN1CCN(S(N)(=O)=O)C(C)C1. The van der Waals surface area contributed by atoms with Gasteiger partial charge in [0.05, 0.1) is 0 Å². The van der Waals surface area contributed by atoms with Gasteiger partial charge in [0.2, 0.25) is 0 Å². The molecule has 78 valence electrons. The number of hydrogen-bond donors (Lipinski definition) is 1. The van der Waals surface area contributed by atoms with Crippen LogP contribution in [-0.4, -0.2) is 49.8 Å². The number of piperazine rings is 1. The Bertz CT molecular complexity index is 265. The van der Waals surface area contributed by atoms with Gasteiger partial charge in [-0.05, 0) is 13.5 Å². The van der Waals surface area contributed by atoms with Crippen LogP contribution in [0.1, 0.15) is 13.8 Å². The molecular formula is C7H17N3O2S. The van der Waals surface area contributed by atoms with E-state index in [0.29, 0.717) is 6.54 Å². The number of likely N-dealkylation sites (N-methyl/N-ethyl adjacent to an activating group) is 1.